The Morgan fingerprint density at radius 3 is 1.86 bits per heavy atom. The molecule has 0 bridgehead atoms. The average Bonchev–Trinajstić information content (AvgIpc) is 3.31. The molecule has 7 aromatic rings. The number of fused-ring (bicyclic) bond motifs is 4. The maximum absolute atomic E-state index is 5.13. The average molecular weight is 552 g/mol. The molecule has 1 aliphatic carbocycles. The normalized spacial score (nSPS) is 13.1. The van der Waals surface area contributed by atoms with Crippen molar-refractivity contribution in [3.05, 3.63) is 151 Å². The summed E-state index contributed by atoms with van der Waals surface area (Å²) < 4.78 is 0. The molecule has 0 fully saturated rings. The van der Waals surface area contributed by atoms with Gasteiger partial charge in [-0.1, -0.05) is 123 Å². The molecule has 0 aliphatic heterocycles. The van der Waals surface area contributed by atoms with Crippen molar-refractivity contribution < 1.29 is 0 Å². The van der Waals surface area contributed by atoms with E-state index in [1.807, 2.05) is 42.7 Å². The summed E-state index contributed by atoms with van der Waals surface area (Å²) in [6.45, 7) is 4.70. The fourth-order valence-corrected chi connectivity index (χ4v) is 6.80. The zero-order chi connectivity index (χ0) is 29.0. The molecule has 0 amide bonds. The van der Waals surface area contributed by atoms with Crippen LogP contribution in [0.15, 0.2) is 140 Å². The van der Waals surface area contributed by atoms with Crippen molar-refractivity contribution in [2.24, 2.45) is 0 Å². The molecule has 0 N–H and O–H groups in total. The second kappa shape index (κ2) is 9.85. The molecule has 204 valence electrons. The molecule has 0 unspecified atom stereocenters. The summed E-state index contributed by atoms with van der Waals surface area (Å²) in [6.07, 6.45) is 3.61. The van der Waals surface area contributed by atoms with Crippen LogP contribution in [0, 0.1) is 0 Å². The van der Waals surface area contributed by atoms with E-state index in [2.05, 4.69) is 116 Å². The third kappa shape index (κ3) is 4.08. The Balaban J connectivity index is 1.35. The zero-order valence-electron chi connectivity index (χ0n) is 24.1. The molecule has 1 aliphatic rings. The molecule has 0 spiro atoms. The molecule has 43 heavy (non-hydrogen) atoms. The van der Waals surface area contributed by atoms with E-state index in [1.165, 1.54) is 44.2 Å². The van der Waals surface area contributed by atoms with E-state index in [1.54, 1.807) is 0 Å². The highest BCUT2D eigenvalue weighted by Crippen LogP contribution is 2.53. The maximum atomic E-state index is 5.13. The van der Waals surface area contributed by atoms with Gasteiger partial charge < -0.3 is 0 Å². The SMILES string of the molecule is CC1(C)c2ccccc2-c2cccc(-c3ccc(-c4cc(-c5ccncc5)nc(-c5ccccc5)n4)c4ccccc34)c21. The van der Waals surface area contributed by atoms with Gasteiger partial charge in [0.25, 0.3) is 0 Å². The predicted octanol–water partition coefficient (Wildman–Crippen LogP) is 10.00. The Hall–Kier alpha value is -5.41. The molecular weight excluding hydrogens is 522 g/mol. The van der Waals surface area contributed by atoms with Gasteiger partial charge in [-0.2, -0.15) is 0 Å². The third-order valence-electron chi connectivity index (χ3n) is 8.80. The van der Waals surface area contributed by atoms with Gasteiger partial charge in [-0.15, -0.1) is 0 Å². The van der Waals surface area contributed by atoms with Crippen LogP contribution in [0.3, 0.4) is 0 Å². The predicted molar refractivity (Wildman–Crippen MR) is 177 cm³/mol. The number of nitrogens with zero attached hydrogens (tertiary/aromatic N) is 3. The molecule has 8 rings (SSSR count). The number of rotatable bonds is 4. The number of pyridine rings is 1. The molecule has 2 heterocycles. The minimum atomic E-state index is -0.0982. The maximum Gasteiger partial charge on any atom is 0.160 e. The number of hydrogen-bond acceptors (Lipinski definition) is 3. The van der Waals surface area contributed by atoms with Gasteiger partial charge in [-0.05, 0) is 62.4 Å². The van der Waals surface area contributed by atoms with E-state index >= 15 is 0 Å². The van der Waals surface area contributed by atoms with Crippen molar-refractivity contribution in [2.45, 2.75) is 19.3 Å². The first kappa shape index (κ1) is 25.3. The summed E-state index contributed by atoms with van der Waals surface area (Å²) in [5.41, 5.74) is 12.7. The quantitative estimate of drug-likeness (QED) is 0.218. The highest BCUT2D eigenvalue weighted by molar-refractivity contribution is 6.06. The van der Waals surface area contributed by atoms with E-state index < -0.39 is 0 Å². The van der Waals surface area contributed by atoms with Crippen LogP contribution in [0.25, 0.3) is 66.9 Å². The summed E-state index contributed by atoms with van der Waals surface area (Å²) >= 11 is 0. The molecule has 3 heteroatoms. The Labute approximate surface area is 251 Å². The smallest absolute Gasteiger partial charge is 0.160 e. The Morgan fingerprint density at radius 1 is 0.465 bits per heavy atom. The fourth-order valence-electron chi connectivity index (χ4n) is 6.80. The molecule has 0 radical (unpaired) electrons. The van der Waals surface area contributed by atoms with Gasteiger partial charge in [0, 0.05) is 34.5 Å². The lowest BCUT2D eigenvalue weighted by atomic mass is 9.78. The van der Waals surface area contributed by atoms with Gasteiger partial charge >= 0.3 is 0 Å². The highest BCUT2D eigenvalue weighted by Gasteiger charge is 2.37. The monoisotopic (exact) mass is 551 g/mol. The first-order valence-corrected chi connectivity index (χ1v) is 14.7. The van der Waals surface area contributed by atoms with Crippen LogP contribution >= 0.6 is 0 Å². The Kier molecular flexibility index (Phi) is 5.80. The molecule has 3 nitrogen and oxygen atoms in total. The first-order valence-electron chi connectivity index (χ1n) is 14.7. The van der Waals surface area contributed by atoms with Gasteiger partial charge in [-0.25, -0.2) is 9.97 Å². The molecule has 2 aromatic heterocycles. The molecule has 5 aromatic carbocycles. The van der Waals surface area contributed by atoms with Crippen LogP contribution in [0.4, 0.5) is 0 Å². The summed E-state index contributed by atoms with van der Waals surface area (Å²) in [5.74, 6) is 0.707. The van der Waals surface area contributed by atoms with Crippen molar-refractivity contribution >= 4 is 10.8 Å². The van der Waals surface area contributed by atoms with Gasteiger partial charge in [0.15, 0.2) is 5.82 Å². The van der Waals surface area contributed by atoms with Gasteiger partial charge in [0.2, 0.25) is 0 Å². The molecule has 0 saturated heterocycles. The standard InChI is InChI=1S/C40H29N3/c1-40(2)35-18-9-8-15-31(35)34-17-10-16-33(38(34)40)30-19-20-32(29-14-7-6-13-28(29)30)37-25-36(26-21-23-41-24-22-26)42-39(43-37)27-11-4-3-5-12-27/h3-25H,1-2H3. The van der Waals surface area contributed by atoms with E-state index in [4.69, 9.17) is 9.97 Å². The third-order valence-corrected chi connectivity index (χ3v) is 8.80. The largest absolute Gasteiger partial charge is 0.265 e. The van der Waals surface area contributed by atoms with Crippen molar-refractivity contribution in [1.82, 2.24) is 15.0 Å². The number of benzene rings is 5. The summed E-state index contributed by atoms with van der Waals surface area (Å²) in [7, 11) is 0. The number of hydrogen-bond donors (Lipinski definition) is 0. The summed E-state index contributed by atoms with van der Waals surface area (Å²) in [4.78, 5) is 14.3. The zero-order valence-corrected chi connectivity index (χ0v) is 24.1. The summed E-state index contributed by atoms with van der Waals surface area (Å²) in [5, 5.41) is 2.38. The van der Waals surface area contributed by atoms with Crippen molar-refractivity contribution in [1.29, 1.82) is 0 Å². The second-order valence-electron chi connectivity index (χ2n) is 11.7. The number of aromatic nitrogens is 3. The lowest BCUT2D eigenvalue weighted by Gasteiger charge is -2.25. The van der Waals surface area contributed by atoms with Crippen LogP contribution in [-0.4, -0.2) is 15.0 Å². The fraction of sp³-hybridized carbons (Fsp3) is 0.0750. The van der Waals surface area contributed by atoms with Crippen molar-refractivity contribution in [2.75, 3.05) is 0 Å². The highest BCUT2D eigenvalue weighted by atomic mass is 14.9. The van der Waals surface area contributed by atoms with Gasteiger partial charge in [0.1, 0.15) is 0 Å². The molecule has 0 atom stereocenters. The van der Waals surface area contributed by atoms with Crippen LogP contribution in [0.5, 0.6) is 0 Å². The van der Waals surface area contributed by atoms with Crippen LogP contribution in [0.1, 0.15) is 25.0 Å². The minimum Gasteiger partial charge on any atom is -0.265 e. The lowest BCUT2D eigenvalue weighted by Crippen LogP contribution is -2.16. The van der Waals surface area contributed by atoms with E-state index in [-0.39, 0.29) is 5.41 Å². The molecule has 0 saturated carbocycles. The van der Waals surface area contributed by atoms with E-state index in [0.29, 0.717) is 5.82 Å². The lowest BCUT2D eigenvalue weighted by molar-refractivity contribution is 0.662. The van der Waals surface area contributed by atoms with Crippen LogP contribution in [0.2, 0.25) is 0 Å². The van der Waals surface area contributed by atoms with Crippen molar-refractivity contribution in [3.8, 4) is 56.2 Å². The first-order chi connectivity index (χ1) is 21.1. The Bertz CT molecular complexity index is 2090. The van der Waals surface area contributed by atoms with Crippen molar-refractivity contribution in [3.63, 3.8) is 0 Å². The molecular formula is C40H29N3. The van der Waals surface area contributed by atoms with Crippen LogP contribution in [-0.2, 0) is 5.41 Å². The Morgan fingerprint density at radius 2 is 1.07 bits per heavy atom. The minimum absolute atomic E-state index is 0.0982. The second-order valence-corrected chi connectivity index (χ2v) is 11.7. The van der Waals surface area contributed by atoms with Gasteiger partial charge in [0.05, 0.1) is 11.4 Å². The van der Waals surface area contributed by atoms with Gasteiger partial charge in [-0.3, -0.25) is 4.98 Å². The summed E-state index contributed by atoms with van der Waals surface area (Å²) in [6, 6.07) is 45.1. The van der Waals surface area contributed by atoms with E-state index in [9.17, 15) is 0 Å². The van der Waals surface area contributed by atoms with E-state index in [0.717, 1.165) is 28.1 Å². The van der Waals surface area contributed by atoms with Crippen LogP contribution < -0.4 is 0 Å². The topological polar surface area (TPSA) is 38.7 Å².